The Balaban J connectivity index is 1.97. The second-order valence-corrected chi connectivity index (χ2v) is 5.64. The molecular weight excluding hydrogens is 314 g/mol. The molecule has 1 aliphatic heterocycles. The first-order chi connectivity index (χ1) is 9.08. The standard InChI is InChI=1S/C13H16BrNO4/c14-10-4-7-19-12(10)13(18)15-5-1-2-9(3-6-15)8-11(16)17/h4,7,9H,1-3,5-6,8H2,(H,16,17)/t9-/m0/s1. The minimum absolute atomic E-state index is 0.132. The fourth-order valence-electron chi connectivity index (χ4n) is 2.41. The van der Waals surface area contributed by atoms with Gasteiger partial charge in [0.05, 0.1) is 10.7 Å². The number of carbonyl (C=O) groups excluding carboxylic acids is 1. The Morgan fingerprint density at radius 2 is 2.21 bits per heavy atom. The molecule has 0 aromatic carbocycles. The first-order valence-electron chi connectivity index (χ1n) is 6.32. The molecule has 1 fully saturated rings. The maximum atomic E-state index is 12.2. The number of hydrogen-bond acceptors (Lipinski definition) is 3. The maximum absolute atomic E-state index is 12.2. The maximum Gasteiger partial charge on any atom is 0.303 e. The molecule has 1 aromatic heterocycles. The highest BCUT2D eigenvalue weighted by Gasteiger charge is 2.25. The van der Waals surface area contributed by atoms with Crippen LogP contribution in [0.5, 0.6) is 0 Å². The van der Waals surface area contributed by atoms with Crippen molar-refractivity contribution in [1.82, 2.24) is 4.90 Å². The van der Waals surface area contributed by atoms with Crippen molar-refractivity contribution < 1.29 is 19.1 Å². The van der Waals surface area contributed by atoms with Gasteiger partial charge in [0.25, 0.3) is 5.91 Å². The van der Waals surface area contributed by atoms with Crippen molar-refractivity contribution in [3.8, 4) is 0 Å². The molecule has 0 radical (unpaired) electrons. The van der Waals surface area contributed by atoms with Gasteiger partial charge in [-0.2, -0.15) is 0 Å². The summed E-state index contributed by atoms with van der Waals surface area (Å²) in [5.74, 6) is -0.418. The Kier molecular flexibility index (Phi) is 4.63. The monoisotopic (exact) mass is 329 g/mol. The largest absolute Gasteiger partial charge is 0.481 e. The number of hydrogen-bond donors (Lipinski definition) is 1. The third kappa shape index (κ3) is 3.59. The number of halogens is 1. The third-order valence-corrected chi connectivity index (χ3v) is 4.03. The summed E-state index contributed by atoms with van der Waals surface area (Å²) in [6, 6.07) is 1.69. The van der Waals surface area contributed by atoms with Gasteiger partial charge in [-0.15, -0.1) is 0 Å². The van der Waals surface area contributed by atoms with E-state index in [-0.39, 0.29) is 18.2 Å². The number of carboxylic acid groups (broad SMARTS) is 1. The molecule has 0 unspecified atom stereocenters. The summed E-state index contributed by atoms with van der Waals surface area (Å²) >= 11 is 3.28. The van der Waals surface area contributed by atoms with Gasteiger partial charge < -0.3 is 14.4 Å². The van der Waals surface area contributed by atoms with Gasteiger partial charge in [0.15, 0.2) is 0 Å². The minimum Gasteiger partial charge on any atom is -0.481 e. The van der Waals surface area contributed by atoms with Crippen molar-refractivity contribution in [3.63, 3.8) is 0 Å². The van der Waals surface area contributed by atoms with E-state index in [4.69, 9.17) is 9.52 Å². The fourth-order valence-corrected chi connectivity index (χ4v) is 2.78. The highest BCUT2D eigenvalue weighted by molar-refractivity contribution is 9.10. The molecule has 1 N–H and O–H groups in total. The van der Waals surface area contributed by atoms with Gasteiger partial charge in [-0.3, -0.25) is 9.59 Å². The van der Waals surface area contributed by atoms with Gasteiger partial charge in [0, 0.05) is 19.5 Å². The topological polar surface area (TPSA) is 70.8 Å². The average molecular weight is 330 g/mol. The lowest BCUT2D eigenvalue weighted by molar-refractivity contribution is -0.138. The van der Waals surface area contributed by atoms with Crippen molar-refractivity contribution in [2.24, 2.45) is 5.92 Å². The van der Waals surface area contributed by atoms with Crippen molar-refractivity contribution in [2.45, 2.75) is 25.7 Å². The lowest BCUT2D eigenvalue weighted by atomic mass is 9.97. The van der Waals surface area contributed by atoms with Crippen molar-refractivity contribution in [1.29, 1.82) is 0 Å². The highest BCUT2D eigenvalue weighted by Crippen LogP contribution is 2.24. The van der Waals surface area contributed by atoms with E-state index >= 15 is 0 Å². The normalized spacial score (nSPS) is 20.1. The van der Waals surface area contributed by atoms with Crippen LogP contribution in [-0.2, 0) is 4.79 Å². The van der Waals surface area contributed by atoms with E-state index in [0.717, 1.165) is 19.3 Å². The van der Waals surface area contributed by atoms with Crippen LogP contribution < -0.4 is 0 Å². The van der Waals surface area contributed by atoms with E-state index in [2.05, 4.69) is 15.9 Å². The molecule has 1 atom stereocenters. The molecule has 0 spiro atoms. The van der Waals surface area contributed by atoms with Crippen LogP contribution in [0.25, 0.3) is 0 Å². The average Bonchev–Trinajstić information content (AvgIpc) is 2.64. The van der Waals surface area contributed by atoms with Gasteiger partial charge in [0.2, 0.25) is 5.76 Å². The molecule has 2 rings (SSSR count). The Morgan fingerprint density at radius 3 is 2.84 bits per heavy atom. The molecule has 1 saturated heterocycles. The second kappa shape index (κ2) is 6.23. The lowest BCUT2D eigenvalue weighted by Crippen LogP contribution is -2.32. The lowest BCUT2D eigenvalue weighted by Gasteiger charge is -2.19. The first-order valence-corrected chi connectivity index (χ1v) is 7.11. The van der Waals surface area contributed by atoms with Crippen LogP contribution in [0.15, 0.2) is 21.2 Å². The Morgan fingerprint density at radius 1 is 1.42 bits per heavy atom. The Bertz CT molecular complexity index is 471. The highest BCUT2D eigenvalue weighted by atomic mass is 79.9. The second-order valence-electron chi connectivity index (χ2n) is 4.78. The summed E-state index contributed by atoms with van der Waals surface area (Å²) in [6.45, 7) is 1.24. The number of rotatable bonds is 3. The third-order valence-electron chi connectivity index (χ3n) is 3.41. The minimum atomic E-state index is -0.765. The Hall–Kier alpha value is -1.30. The van der Waals surface area contributed by atoms with Gasteiger partial charge in [-0.25, -0.2) is 0 Å². The van der Waals surface area contributed by atoms with Gasteiger partial charge in [-0.1, -0.05) is 0 Å². The van der Waals surface area contributed by atoms with Gasteiger partial charge in [-0.05, 0) is 47.2 Å². The molecule has 6 heteroatoms. The SMILES string of the molecule is O=C(O)C[C@H]1CCCN(C(=O)c2occc2Br)CC1. The summed E-state index contributed by atoms with van der Waals surface area (Å²) in [5.41, 5.74) is 0. The zero-order valence-electron chi connectivity index (χ0n) is 10.5. The van der Waals surface area contributed by atoms with Crippen molar-refractivity contribution in [2.75, 3.05) is 13.1 Å². The van der Waals surface area contributed by atoms with Crippen LogP contribution >= 0.6 is 15.9 Å². The molecule has 2 heterocycles. The molecule has 0 saturated carbocycles. The quantitative estimate of drug-likeness (QED) is 0.925. The zero-order valence-corrected chi connectivity index (χ0v) is 12.1. The number of aliphatic carboxylic acids is 1. The van der Waals surface area contributed by atoms with Crippen LogP contribution in [0.3, 0.4) is 0 Å². The van der Waals surface area contributed by atoms with Crippen molar-refractivity contribution >= 4 is 27.8 Å². The summed E-state index contributed by atoms with van der Waals surface area (Å²) in [4.78, 5) is 24.7. The van der Waals surface area contributed by atoms with Crippen LogP contribution in [0.1, 0.15) is 36.2 Å². The van der Waals surface area contributed by atoms with Gasteiger partial charge in [0.1, 0.15) is 0 Å². The van der Waals surface area contributed by atoms with Crippen molar-refractivity contribution in [3.05, 3.63) is 22.6 Å². The summed E-state index contributed by atoms with van der Waals surface area (Å²) in [7, 11) is 0. The molecule has 1 aliphatic rings. The van der Waals surface area contributed by atoms with E-state index in [1.54, 1.807) is 11.0 Å². The fraction of sp³-hybridized carbons (Fsp3) is 0.538. The smallest absolute Gasteiger partial charge is 0.303 e. The predicted molar refractivity (Wildman–Crippen MR) is 71.9 cm³/mol. The number of furan rings is 1. The zero-order chi connectivity index (χ0) is 13.8. The van der Waals surface area contributed by atoms with Crippen LogP contribution in [0.2, 0.25) is 0 Å². The number of likely N-dealkylation sites (tertiary alicyclic amines) is 1. The van der Waals surface area contributed by atoms with E-state index in [0.29, 0.717) is 23.3 Å². The van der Waals surface area contributed by atoms with E-state index in [9.17, 15) is 9.59 Å². The van der Waals surface area contributed by atoms with Crippen LogP contribution in [0.4, 0.5) is 0 Å². The van der Waals surface area contributed by atoms with E-state index < -0.39 is 5.97 Å². The molecule has 104 valence electrons. The number of amides is 1. The molecule has 1 amide bonds. The summed E-state index contributed by atoms with van der Waals surface area (Å²) < 4.78 is 5.84. The molecule has 5 nitrogen and oxygen atoms in total. The molecule has 19 heavy (non-hydrogen) atoms. The van der Waals surface area contributed by atoms with E-state index in [1.807, 2.05) is 0 Å². The van der Waals surface area contributed by atoms with Crippen LogP contribution in [-0.4, -0.2) is 35.0 Å². The number of nitrogens with zero attached hydrogens (tertiary/aromatic N) is 1. The Labute approximate surface area is 119 Å². The first kappa shape index (κ1) is 14.1. The molecule has 1 aromatic rings. The predicted octanol–water partition coefficient (Wildman–Crippen LogP) is 2.76. The molecule has 0 aliphatic carbocycles. The van der Waals surface area contributed by atoms with Gasteiger partial charge >= 0.3 is 5.97 Å². The number of carboxylic acids is 1. The summed E-state index contributed by atoms with van der Waals surface area (Å²) in [5, 5.41) is 8.82. The summed E-state index contributed by atoms with van der Waals surface area (Å²) in [6.07, 6.45) is 4.09. The molecule has 0 bridgehead atoms. The van der Waals surface area contributed by atoms with E-state index in [1.165, 1.54) is 6.26 Å². The molecular formula is C13H16BrNO4. The number of carbonyl (C=O) groups is 2. The van der Waals surface area contributed by atoms with Crippen LogP contribution in [0, 0.1) is 5.92 Å².